The van der Waals surface area contributed by atoms with Gasteiger partial charge in [-0.15, -0.1) is 0 Å². The van der Waals surface area contributed by atoms with Crippen molar-refractivity contribution in [3.63, 3.8) is 0 Å². The summed E-state index contributed by atoms with van der Waals surface area (Å²) < 4.78 is 13.3. The number of benzene rings is 4. The van der Waals surface area contributed by atoms with Gasteiger partial charge in [0, 0.05) is 23.3 Å². The van der Waals surface area contributed by atoms with Crippen molar-refractivity contribution in [2.24, 2.45) is 0 Å². The highest BCUT2D eigenvalue weighted by Crippen LogP contribution is 2.11. The van der Waals surface area contributed by atoms with Crippen LogP contribution in [0.3, 0.4) is 0 Å². The van der Waals surface area contributed by atoms with Gasteiger partial charge in [-0.2, -0.15) is 10.2 Å². The Hall–Kier alpha value is -6.50. The van der Waals surface area contributed by atoms with Crippen LogP contribution in [0.5, 0.6) is 11.5 Å². The normalized spacial score (nSPS) is 10.5. The number of carbonyl (C=O) groups excluding carboxylic acids is 2. The van der Waals surface area contributed by atoms with E-state index < -0.39 is 11.1 Å². The molecule has 0 saturated carbocycles. The van der Waals surface area contributed by atoms with E-state index >= 15 is 0 Å². The molecule has 12 heteroatoms. The highest BCUT2D eigenvalue weighted by Gasteiger charge is 2.11. The van der Waals surface area contributed by atoms with E-state index in [-0.39, 0.29) is 37.9 Å². The van der Waals surface area contributed by atoms with Crippen LogP contribution < -0.4 is 20.6 Å². The van der Waals surface area contributed by atoms with Crippen molar-refractivity contribution in [1.29, 1.82) is 0 Å². The minimum atomic E-state index is -0.407. The number of aliphatic hydroxyl groups excluding tert-OH is 2. The first kappa shape index (κ1) is 36.8. The lowest BCUT2D eigenvalue weighted by Gasteiger charge is -2.08. The van der Waals surface area contributed by atoms with Crippen LogP contribution in [0.1, 0.15) is 43.0 Å². The summed E-state index contributed by atoms with van der Waals surface area (Å²) in [4.78, 5) is 48.8. The zero-order valence-corrected chi connectivity index (χ0v) is 28.1. The first-order chi connectivity index (χ1) is 25.3. The molecular formula is C40H36N4O8. The van der Waals surface area contributed by atoms with Crippen LogP contribution in [0.15, 0.2) is 143 Å². The second-order valence-corrected chi connectivity index (χ2v) is 11.5. The smallest absolute Gasteiger partial charge is 0.270 e. The summed E-state index contributed by atoms with van der Waals surface area (Å²) >= 11 is 0. The largest absolute Gasteiger partial charge is 0.487 e. The number of Topliss-reactive ketones (excluding diaryl/α,β-unsaturated/α-hetero) is 2. The first-order valence-electron chi connectivity index (χ1n) is 16.2. The van der Waals surface area contributed by atoms with Crippen molar-refractivity contribution in [3.8, 4) is 11.5 Å². The number of ketones is 2. The minimum Gasteiger partial charge on any atom is -0.487 e. The summed E-state index contributed by atoms with van der Waals surface area (Å²) in [5, 5.41) is 26.1. The lowest BCUT2D eigenvalue weighted by Crippen LogP contribution is -2.26. The molecule has 0 amide bonds. The topological polar surface area (TPSA) is 163 Å². The molecule has 2 aromatic heterocycles. The average Bonchev–Trinajstić information content (AvgIpc) is 3.19. The van der Waals surface area contributed by atoms with Crippen molar-refractivity contribution in [1.82, 2.24) is 19.6 Å². The van der Waals surface area contributed by atoms with Crippen LogP contribution in [0.4, 0.5) is 0 Å². The van der Waals surface area contributed by atoms with Crippen molar-refractivity contribution >= 4 is 11.6 Å². The van der Waals surface area contributed by atoms with Gasteiger partial charge in [-0.05, 0) is 22.3 Å². The van der Waals surface area contributed by atoms with Crippen molar-refractivity contribution < 1.29 is 29.3 Å². The molecule has 2 heterocycles. The number of aliphatic hydroxyl groups is 2. The van der Waals surface area contributed by atoms with Crippen LogP contribution in [-0.4, -0.2) is 41.3 Å². The van der Waals surface area contributed by atoms with Crippen LogP contribution in [0.2, 0.25) is 0 Å². The molecule has 0 aliphatic rings. The van der Waals surface area contributed by atoms with Gasteiger partial charge in [-0.1, -0.05) is 109 Å². The fourth-order valence-electron chi connectivity index (χ4n) is 4.76. The molecule has 6 aromatic rings. The fraction of sp³-hybridized carbons (Fsp3) is 0.150. The van der Waals surface area contributed by atoms with Gasteiger partial charge in [0.1, 0.15) is 37.8 Å². The van der Waals surface area contributed by atoms with Crippen LogP contribution in [0.25, 0.3) is 0 Å². The number of nitrogens with zero attached hydrogens (tertiary/aromatic N) is 4. The van der Waals surface area contributed by atoms with Crippen molar-refractivity contribution in [3.05, 3.63) is 188 Å². The van der Waals surface area contributed by atoms with Gasteiger partial charge in [0.15, 0.2) is 11.6 Å². The Morgan fingerprint density at radius 1 is 0.519 bits per heavy atom. The molecule has 12 nitrogen and oxygen atoms in total. The molecule has 6 rings (SSSR count). The summed E-state index contributed by atoms with van der Waals surface area (Å²) in [7, 11) is 0. The zero-order chi connectivity index (χ0) is 36.7. The third kappa shape index (κ3) is 10.7. The van der Waals surface area contributed by atoms with Gasteiger partial charge in [0.25, 0.3) is 11.1 Å². The molecule has 0 saturated heterocycles. The first-order valence-corrected chi connectivity index (χ1v) is 16.2. The van der Waals surface area contributed by atoms with E-state index in [4.69, 9.17) is 19.7 Å². The number of hydrogen-bond acceptors (Lipinski definition) is 10. The van der Waals surface area contributed by atoms with Crippen LogP contribution in [0, 0.1) is 0 Å². The molecule has 0 spiro atoms. The maximum absolute atomic E-state index is 12.3. The van der Waals surface area contributed by atoms with Gasteiger partial charge in [0.05, 0.1) is 25.6 Å². The quantitative estimate of drug-likeness (QED) is 0.156. The zero-order valence-electron chi connectivity index (χ0n) is 28.1. The molecular weight excluding hydrogens is 664 g/mol. The maximum atomic E-state index is 12.3. The Morgan fingerprint density at radius 3 is 1.21 bits per heavy atom. The molecule has 52 heavy (non-hydrogen) atoms. The van der Waals surface area contributed by atoms with E-state index in [0.29, 0.717) is 35.8 Å². The SMILES string of the molecule is O=C(Cn1ncc(OCc2ccccc2)cc1=O)c1ccc(CO)cc1.O=C(Cn1ncc(OCc2ccccc2)cc1=O)c1ccc(CO)cc1. The lowest BCUT2D eigenvalue weighted by molar-refractivity contribution is 0.0957. The van der Waals surface area contributed by atoms with E-state index in [1.807, 2.05) is 60.7 Å². The number of carbonyl (C=O) groups is 2. The van der Waals surface area contributed by atoms with E-state index in [0.717, 1.165) is 31.6 Å². The maximum Gasteiger partial charge on any atom is 0.270 e. The second kappa shape index (κ2) is 18.5. The Bertz CT molecular complexity index is 2030. The lowest BCUT2D eigenvalue weighted by atomic mass is 10.1. The number of rotatable bonds is 14. The molecule has 0 radical (unpaired) electrons. The molecule has 2 N–H and O–H groups in total. The number of ether oxygens (including phenoxy) is 2. The Labute approximate surface area is 298 Å². The molecule has 0 aliphatic carbocycles. The van der Waals surface area contributed by atoms with E-state index in [1.54, 1.807) is 48.5 Å². The molecule has 4 aromatic carbocycles. The molecule has 264 valence electrons. The van der Waals surface area contributed by atoms with Gasteiger partial charge in [-0.25, -0.2) is 9.36 Å². The van der Waals surface area contributed by atoms with Gasteiger partial charge in [-0.3, -0.25) is 19.2 Å². The second-order valence-electron chi connectivity index (χ2n) is 11.5. The molecule has 0 fully saturated rings. The van der Waals surface area contributed by atoms with Gasteiger partial charge in [0.2, 0.25) is 0 Å². The molecule has 0 aliphatic heterocycles. The number of aromatic nitrogens is 4. The predicted octanol–water partition coefficient (Wildman–Crippen LogP) is 4.40. The molecule has 0 bridgehead atoms. The van der Waals surface area contributed by atoms with Crippen molar-refractivity contribution in [2.75, 3.05) is 0 Å². The summed E-state index contributed by atoms with van der Waals surface area (Å²) in [5.74, 6) is 0.244. The minimum absolute atomic E-state index is 0.0834. The number of hydrogen-bond donors (Lipinski definition) is 2. The predicted molar refractivity (Wildman–Crippen MR) is 192 cm³/mol. The Kier molecular flexibility index (Phi) is 13.1. The Morgan fingerprint density at radius 2 is 0.885 bits per heavy atom. The van der Waals surface area contributed by atoms with Crippen LogP contribution >= 0.6 is 0 Å². The average molecular weight is 701 g/mol. The highest BCUT2D eigenvalue weighted by molar-refractivity contribution is 5.96. The Balaban J connectivity index is 0.000000201. The van der Waals surface area contributed by atoms with Crippen LogP contribution in [-0.2, 0) is 39.5 Å². The summed E-state index contributed by atoms with van der Waals surface area (Å²) in [6, 6.07) is 35.0. The summed E-state index contributed by atoms with van der Waals surface area (Å²) in [6.07, 6.45) is 2.85. The molecule has 0 atom stereocenters. The van der Waals surface area contributed by atoms with E-state index in [2.05, 4.69) is 10.2 Å². The summed E-state index contributed by atoms with van der Waals surface area (Å²) in [6.45, 7) is 0.191. The van der Waals surface area contributed by atoms with Crippen molar-refractivity contribution in [2.45, 2.75) is 39.5 Å². The van der Waals surface area contributed by atoms with Gasteiger partial charge >= 0.3 is 0 Å². The fourth-order valence-corrected chi connectivity index (χ4v) is 4.76. The van der Waals surface area contributed by atoms with E-state index in [1.165, 1.54) is 24.5 Å². The molecule has 0 unspecified atom stereocenters. The third-order valence-corrected chi connectivity index (χ3v) is 7.69. The summed E-state index contributed by atoms with van der Waals surface area (Å²) in [5.41, 5.74) is 3.51. The third-order valence-electron chi connectivity index (χ3n) is 7.69. The van der Waals surface area contributed by atoms with Gasteiger partial charge < -0.3 is 19.7 Å². The monoisotopic (exact) mass is 700 g/mol. The van der Waals surface area contributed by atoms with E-state index in [9.17, 15) is 19.2 Å². The standard InChI is InChI=1S/2C20H18N2O4/c2*23-13-15-6-8-17(9-7-15)19(24)12-22-20(25)10-18(11-21-22)26-14-16-4-2-1-3-5-16/h2*1-11,23H,12-14H2. The highest BCUT2D eigenvalue weighted by atomic mass is 16.5.